The molecular formula is C24H23F3O6. The van der Waals surface area contributed by atoms with Gasteiger partial charge >= 0.3 is 12.1 Å². The highest BCUT2D eigenvalue weighted by Gasteiger charge is 2.39. The van der Waals surface area contributed by atoms with Crippen molar-refractivity contribution < 1.29 is 36.6 Å². The van der Waals surface area contributed by atoms with Crippen LogP contribution in [-0.2, 0) is 11.0 Å². The summed E-state index contributed by atoms with van der Waals surface area (Å²) in [5.41, 5.74) is -1.92. The molecular weight excluding hydrogens is 441 g/mol. The predicted octanol–water partition coefficient (Wildman–Crippen LogP) is 5.84. The summed E-state index contributed by atoms with van der Waals surface area (Å²) in [6, 6.07) is 7.74. The molecule has 1 aromatic heterocycles. The fraction of sp³-hybridized carbons (Fsp3) is 0.333. The third-order valence-corrected chi connectivity index (χ3v) is 5.33. The molecule has 0 saturated heterocycles. The van der Waals surface area contributed by atoms with Gasteiger partial charge in [0.1, 0.15) is 11.3 Å². The number of benzene rings is 2. The molecule has 0 unspecified atom stereocenters. The minimum Gasteiger partial charge on any atom is -0.493 e. The lowest BCUT2D eigenvalue weighted by atomic mass is 10.0. The van der Waals surface area contributed by atoms with Crippen molar-refractivity contribution in [2.75, 3.05) is 14.2 Å². The van der Waals surface area contributed by atoms with Crippen LogP contribution >= 0.6 is 0 Å². The zero-order valence-corrected chi connectivity index (χ0v) is 18.5. The smallest absolute Gasteiger partial charge is 0.450 e. The van der Waals surface area contributed by atoms with Gasteiger partial charge in [-0.05, 0) is 42.7 Å². The van der Waals surface area contributed by atoms with E-state index in [0.717, 1.165) is 6.07 Å². The molecule has 0 aliphatic carbocycles. The Morgan fingerprint density at radius 1 is 1.00 bits per heavy atom. The van der Waals surface area contributed by atoms with Crippen LogP contribution in [0.25, 0.3) is 22.1 Å². The van der Waals surface area contributed by atoms with E-state index < -0.39 is 28.9 Å². The number of ether oxygens (including phenoxy) is 3. The van der Waals surface area contributed by atoms with Crippen molar-refractivity contribution in [3.05, 3.63) is 52.4 Å². The fourth-order valence-corrected chi connectivity index (χ4v) is 3.51. The highest BCUT2D eigenvalue weighted by atomic mass is 19.4. The van der Waals surface area contributed by atoms with E-state index in [9.17, 15) is 22.8 Å². The number of fused-ring (bicyclic) bond motifs is 1. The molecule has 0 N–H and O–H groups in total. The lowest BCUT2D eigenvalue weighted by Crippen LogP contribution is -2.19. The first kappa shape index (κ1) is 24.2. The van der Waals surface area contributed by atoms with E-state index in [4.69, 9.17) is 18.6 Å². The minimum atomic E-state index is -4.96. The second kappa shape index (κ2) is 9.56. The van der Waals surface area contributed by atoms with E-state index in [1.807, 2.05) is 13.8 Å². The molecule has 9 heteroatoms. The van der Waals surface area contributed by atoms with Crippen molar-refractivity contribution in [2.45, 2.75) is 32.9 Å². The Kier molecular flexibility index (Phi) is 7.00. The third kappa shape index (κ3) is 4.81. The van der Waals surface area contributed by atoms with Gasteiger partial charge in [0.15, 0.2) is 11.5 Å². The summed E-state index contributed by atoms with van der Waals surface area (Å²) in [5.74, 6) is -1.86. The normalized spacial score (nSPS) is 11.6. The van der Waals surface area contributed by atoms with E-state index in [0.29, 0.717) is 18.6 Å². The maximum absolute atomic E-state index is 13.9. The van der Waals surface area contributed by atoms with Crippen LogP contribution in [0.1, 0.15) is 32.4 Å². The number of hydrogen-bond acceptors (Lipinski definition) is 6. The molecule has 2 aromatic carbocycles. The zero-order valence-electron chi connectivity index (χ0n) is 18.5. The first-order valence-corrected chi connectivity index (χ1v) is 10.3. The van der Waals surface area contributed by atoms with E-state index in [1.165, 1.54) is 44.6 Å². The molecule has 33 heavy (non-hydrogen) atoms. The maximum Gasteiger partial charge on any atom is 0.450 e. The van der Waals surface area contributed by atoms with Crippen molar-refractivity contribution in [3.63, 3.8) is 0 Å². The molecule has 3 aromatic rings. The number of carbonyl (C=O) groups excluding carboxylic acids is 1. The van der Waals surface area contributed by atoms with Gasteiger partial charge in [0.2, 0.25) is 11.2 Å². The molecule has 0 amide bonds. The number of esters is 1. The molecule has 0 aliphatic heterocycles. The fourth-order valence-electron chi connectivity index (χ4n) is 3.51. The van der Waals surface area contributed by atoms with Crippen LogP contribution in [0.2, 0.25) is 0 Å². The Hall–Kier alpha value is -3.49. The van der Waals surface area contributed by atoms with Gasteiger partial charge in [0.05, 0.1) is 31.1 Å². The second-order valence-corrected chi connectivity index (χ2v) is 7.30. The summed E-state index contributed by atoms with van der Waals surface area (Å²) in [6.07, 6.45) is -3.84. The molecule has 0 aliphatic rings. The number of methoxy groups -OCH3 is 2. The monoisotopic (exact) mass is 464 g/mol. The summed E-state index contributed by atoms with van der Waals surface area (Å²) in [7, 11) is 2.72. The standard InChI is InChI=1S/C24H23F3O6/c1-5-13(6-2)23(29)32-15-8-9-16-18(12-15)33-22(24(25,26)27)20(21(16)28)14-7-10-17(30-3)19(11-14)31-4/h7-13H,5-6H2,1-4H3. The minimum absolute atomic E-state index is 0.00505. The number of rotatable bonds is 7. The highest BCUT2D eigenvalue weighted by Crippen LogP contribution is 2.40. The predicted molar refractivity (Wildman–Crippen MR) is 116 cm³/mol. The van der Waals surface area contributed by atoms with E-state index in [-0.39, 0.29) is 33.9 Å². The molecule has 176 valence electrons. The second-order valence-electron chi connectivity index (χ2n) is 7.30. The van der Waals surface area contributed by atoms with Crippen LogP contribution in [0.15, 0.2) is 45.6 Å². The molecule has 0 spiro atoms. The van der Waals surface area contributed by atoms with Crippen molar-refractivity contribution in [2.24, 2.45) is 5.92 Å². The van der Waals surface area contributed by atoms with Gasteiger partial charge in [-0.25, -0.2) is 0 Å². The van der Waals surface area contributed by atoms with Crippen molar-refractivity contribution in [1.82, 2.24) is 0 Å². The van der Waals surface area contributed by atoms with Crippen LogP contribution in [-0.4, -0.2) is 20.2 Å². The van der Waals surface area contributed by atoms with Gasteiger partial charge < -0.3 is 18.6 Å². The number of carbonyl (C=O) groups is 1. The van der Waals surface area contributed by atoms with E-state index in [1.54, 1.807) is 0 Å². The van der Waals surface area contributed by atoms with Crippen LogP contribution in [0.3, 0.4) is 0 Å². The Bertz CT molecular complexity index is 1230. The molecule has 3 rings (SSSR count). The van der Waals surface area contributed by atoms with Gasteiger partial charge in [-0.15, -0.1) is 0 Å². The highest BCUT2D eigenvalue weighted by molar-refractivity contribution is 5.85. The van der Waals surface area contributed by atoms with Crippen molar-refractivity contribution >= 4 is 16.9 Å². The Morgan fingerprint density at radius 2 is 1.67 bits per heavy atom. The van der Waals surface area contributed by atoms with Crippen molar-refractivity contribution in [1.29, 1.82) is 0 Å². The van der Waals surface area contributed by atoms with E-state index in [2.05, 4.69) is 0 Å². The topological polar surface area (TPSA) is 75.0 Å². The lowest BCUT2D eigenvalue weighted by Gasteiger charge is -2.15. The number of hydrogen-bond donors (Lipinski definition) is 0. The third-order valence-electron chi connectivity index (χ3n) is 5.33. The molecule has 6 nitrogen and oxygen atoms in total. The SMILES string of the molecule is CCC(CC)C(=O)Oc1ccc2c(=O)c(-c3ccc(OC)c(OC)c3)c(C(F)(F)F)oc2c1. The number of halogens is 3. The summed E-state index contributed by atoms with van der Waals surface area (Å²) in [6.45, 7) is 3.67. The Labute approximate surface area is 187 Å². The summed E-state index contributed by atoms with van der Waals surface area (Å²) in [5, 5.41) is -0.0879. The average molecular weight is 464 g/mol. The van der Waals surface area contributed by atoms with Crippen LogP contribution in [0.4, 0.5) is 13.2 Å². The molecule has 1 heterocycles. The summed E-state index contributed by atoms with van der Waals surface area (Å²) >= 11 is 0. The van der Waals surface area contributed by atoms with Crippen LogP contribution < -0.4 is 19.6 Å². The quantitative estimate of drug-likeness (QED) is 0.323. The van der Waals surface area contributed by atoms with Gasteiger partial charge in [-0.2, -0.15) is 13.2 Å². The van der Waals surface area contributed by atoms with Gasteiger partial charge in [0.25, 0.3) is 0 Å². The van der Waals surface area contributed by atoms with Gasteiger partial charge in [-0.3, -0.25) is 9.59 Å². The molecule has 0 radical (unpaired) electrons. The first-order chi connectivity index (χ1) is 15.6. The summed E-state index contributed by atoms with van der Waals surface area (Å²) in [4.78, 5) is 25.4. The largest absolute Gasteiger partial charge is 0.493 e. The van der Waals surface area contributed by atoms with Gasteiger partial charge in [-0.1, -0.05) is 19.9 Å². The molecule has 0 atom stereocenters. The van der Waals surface area contributed by atoms with Gasteiger partial charge in [0, 0.05) is 6.07 Å². The summed E-state index contributed by atoms with van der Waals surface area (Å²) < 4.78 is 62.4. The molecule has 0 fully saturated rings. The van der Waals surface area contributed by atoms with Crippen molar-refractivity contribution in [3.8, 4) is 28.4 Å². The van der Waals surface area contributed by atoms with Crippen LogP contribution in [0, 0.1) is 5.92 Å². The number of alkyl halides is 3. The lowest BCUT2D eigenvalue weighted by molar-refractivity contribution is -0.152. The average Bonchev–Trinajstić information content (AvgIpc) is 2.78. The maximum atomic E-state index is 13.9. The van der Waals surface area contributed by atoms with Crippen LogP contribution in [0.5, 0.6) is 17.2 Å². The molecule has 0 saturated carbocycles. The Balaban J connectivity index is 2.19. The molecule has 0 bridgehead atoms. The first-order valence-electron chi connectivity index (χ1n) is 10.3. The van der Waals surface area contributed by atoms with E-state index >= 15 is 0 Å². The zero-order chi connectivity index (χ0) is 24.3. The Morgan fingerprint density at radius 3 is 2.24 bits per heavy atom.